The van der Waals surface area contributed by atoms with E-state index in [1.165, 1.54) is 7.11 Å². The van der Waals surface area contributed by atoms with Gasteiger partial charge in [-0.15, -0.1) is 0 Å². The van der Waals surface area contributed by atoms with Crippen LogP contribution in [0.2, 0.25) is 0 Å². The normalized spacial score (nSPS) is 25.8. The van der Waals surface area contributed by atoms with E-state index in [0.717, 1.165) is 0 Å². The molecule has 0 aromatic heterocycles. The zero-order valence-electron chi connectivity index (χ0n) is 12.2. The number of carbonyl (C=O) groups excluding carboxylic acids is 2. The molecular weight excluding hydrogens is 250 g/mol. The van der Waals surface area contributed by atoms with Crippen LogP contribution in [0.25, 0.3) is 0 Å². The first kappa shape index (κ1) is 15.9. The molecule has 0 bridgehead atoms. The van der Waals surface area contributed by atoms with Gasteiger partial charge in [-0.3, -0.25) is 9.59 Å². The first-order valence-electron chi connectivity index (χ1n) is 6.42. The lowest BCUT2D eigenvalue weighted by Crippen LogP contribution is -2.31. The number of epoxide rings is 1. The van der Waals surface area contributed by atoms with E-state index in [1.807, 2.05) is 27.7 Å². The molecule has 0 aliphatic carbocycles. The van der Waals surface area contributed by atoms with Crippen molar-refractivity contribution in [1.82, 2.24) is 5.48 Å². The zero-order chi connectivity index (χ0) is 14.7. The van der Waals surface area contributed by atoms with Crippen LogP contribution in [0.15, 0.2) is 0 Å². The van der Waals surface area contributed by atoms with Gasteiger partial charge in [-0.1, -0.05) is 13.8 Å². The van der Waals surface area contributed by atoms with Crippen molar-refractivity contribution >= 4 is 11.9 Å². The molecule has 2 unspecified atom stereocenters. The first-order chi connectivity index (χ1) is 8.75. The van der Waals surface area contributed by atoms with Gasteiger partial charge in [-0.05, 0) is 13.8 Å². The fourth-order valence-electron chi connectivity index (χ4n) is 2.37. The van der Waals surface area contributed by atoms with Gasteiger partial charge in [0.15, 0.2) is 0 Å². The minimum atomic E-state index is -0.565. The molecule has 1 N–H and O–H groups in total. The molecule has 0 spiro atoms. The summed E-state index contributed by atoms with van der Waals surface area (Å²) in [7, 11) is 1.36. The monoisotopic (exact) mass is 273 g/mol. The van der Waals surface area contributed by atoms with Crippen LogP contribution >= 0.6 is 0 Å². The van der Waals surface area contributed by atoms with E-state index in [2.05, 4.69) is 10.2 Å². The number of carbonyl (C=O) groups is 2. The Morgan fingerprint density at radius 3 is 2.53 bits per heavy atom. The third-order valence-electron chi connectivity index (χ3n) is 3.25. The van der Waals surface area contributed by atoms with E-state index in [-0.39, 0.29) is 36.3 Å². The third kappa shape index (κ3) is 4.18. The van der Waals surface area contributed by atoms with Crippen LogP contribution in [0.3, 0.4) is 0 Å². The maximum absolute atomic E-state index is 11.6. The number of rotatable bonds is 7. The minimum Gasteiger partial charge on any atom is -0.469 e. The van der Waals surface area contributed by atoms with Crippen molar-refractivity contribution in [3.63, 3.8) is 0 Å². The van der Waals surface area contributed by atoms with Gasteiger partial charge in [-0.2, -0.15) is 5.48 Å². The summed E-state index contributed by atoms with van der Waals surface area (Å²) < 4.78 is 10.3. The summed E-state index contributed by atoms with van der Waals surface area (Å²) in [5, 5.41) is 0. The second-order valence-corrected chi connectivity index (χ2v) is 5.70. The fourth-order valence-corrected chi connectivity index (χ4v) is 2.37. The Hall–Kier alpha value is -1.14. The topological polar surface area (TPSA) is 77.2 Å². The van der Waals surface area contributed by atoms with E-state index in [1.54, 1.807) is 0 Å². The van der Waals surface area contributed by atoms with E-state index in [4.69, 9.17) is 9.57 Å². The van der Waals surface area contributed by atoms with Crippen LogP contribution in [-0.2, 0) is 23.9 Å². The summed E-state index contributed by atoms with van der Waals surface area (Å²) in [6, 6.07) is 0. The Bertz CT molecular complexity index is 355. The predicted molar refractivity (Wildman–Crippen MR) is 68.1 cm³/mol. The molecule has 0 radical (unpaired) electrons. The molecule has 110 valence electrons. The van der Waals surface area contributed by atoms with E-state index < -0.39 is 5.60 Å². The molecular formula is C13H23NO5. The number of ether oxygens (including phenoxy) is 2. The Kier molecular flexibility index (Phi) is 4.92. The molecule has 19 heavy (non-hydrogen) atoms. The Balaban J connectivity index is 2.51. The Morgan fingerprint density at radius 2 is 2.00 bits per heavy atom. The van der Waals surface area contributed by atoms with Gasteiger partial charge < -0.3 is 14.3 Å². The lowest BCUT2D eigenvalue weighted by Gasteiger charge is -2.22. The van der Waals surface area contributed by atoms with Gasteiger partial charge in [0, 0.05) is 12.0 Å². The van der Waals surface area contributed by atoms with Crippen LogP contribution in [0.5, 0.6) is 0 Å². The SMILES string of the molecule is CCNOC(=O)CC1(C)OC1C(C)(C)CC(=O)OC. The molecule has 1 saturated heterocycles. The minimum absolute atomic E-state index is 0.159. The Labute approximate surface area is 113 Å². The molecule has 1 rings (SSSR count). The number of nitrogens with one attached hydrogen (secondary N) is 1. The summed E-state index contributed by atoms with van der Waals surface area (Å²) in [4.78, 5) is 27.7. The molecule has 1 aliphatic rings. The quantitative estimate of drug-likeness (QED) is 0.426. The Morgan fingerprint density at radius 1 is 1.37 bits per heavy atom. The lowest BCUT2D eigenvalue weighted by molar-refractivity contribution is -0.152. The molecule has 1 aliphatic heterocycles. The van der Waals surface area contributed by atoms with E-state index >= 15 is 0 Å². The van der Waals surface area contributed by atoms with Gasteiger partial charge in [0.25, 0.3) is 0 Å². The molecule has 6 heteroatoms. The van der Waals surface area contributed by atoms with E-state index in [0.29, 0.717) is 6.54 Å². The largest absolute Gasteiger partial charge is 0.469 e. The average Bonchev–Trinajstić information content (AvgIpc) is 2.98. The number of methoxy groups -OCH3 is 1. The van der Waals surface area contributed by atoms with Crippen molar-refractivity contribution in [2.75, 3.05) is 13.7 Å². The number of hydrogen-bond donors (Lipinski definition) is 1. The molecule has 1 fully saturated rings. The molecule has 2 atom stereocenters. The van der Waals surface area contributed by atoms with Gasteiger partial charge in [0.05, 0.1) is 26.1 Å². The number of hydroxylamine groups is 1. The zero-order valence-corrected chi connectivity index (χ0v) is 12.2. The van der Waals surface area contributed by atoms with Crippen molar-refractivity contribution in [2.45, 2.75) is 52.2 Å². The summed E-state index contributed by atoms with van der Waals surface area (Å²) in [5.74, 6) is -0.640. The first-order valence-corrected chi connectivity index (χ1v) is 6.42. The lowest BCUT2D eigenvalue weighted by atomic mass is 9.79. The molecule has 6 nitrogen and oxygen atoms in total. The summed E-state index contributed by atoms with van der Waals surface area (Å²) in [6.45, 7) is 8.10. The molecule has 0 amide bonds. The smallest absolute Gasteiger partial charge is 0.327 e. The van der Waals surface area contributed by atoms with Crippen LogP contribution in [0.4, 0.5) is 0 Å². The van der Waals surface area contributed by atoms with Crippen LogP contribution in [0, 0.1) is 5.41 Å². The highest BCUT2D eigenvalue weighted by Crippen LogP contribution is 2.51. The molecule has 0 aromatic carbocycles. The summed E-state index contributed by atoms with van der Waals surface area (Å²) >= 11 is 0. The number of esters is 1. The van der Waals surface area contributed by atoms with Gasteiger partial charge in [0.2, 0.25) is 0 Å². The second kappa shape index (κ2) is 5.88. The highest BCUT2D eigenvalue weighted by atomic mass is 16.7. The van der Waals surface area contributed by atoms with Gasteiger partial charge in [0.1, 0.15) is 5.60 Å². The predicted octanol–water partition coefficient (Wildman–Crippen LogP) is 1.19. The van der Waals surface area contributed by atoms with Crippen molar-refractivity contribution in [1.29, 1.82) is 0 Å². The summed E-state index contributed by atoms with van der Waals surface area (Å²) in [6.07, 6.45) is 0.259. The van der Waals surface area contributed by atoms with E-state index in [9.17, 15) is 9.59 Å². The van der Waals surface area contributed by atoms with Crippen LogP contribution in [-0.4, -0.2) is 37.3 Å². The molecule has 1 heterocycles. The van der Waals surface area contributed by atoms with Crippen LogP contribution < -0.4 is 5.48 Å². The average molecular weight is 273 g/mol. The van der Waals surface area contributed by atoms with Crippen molar-refractivity contribution in [3.05, 3.63) is 0 Å². The fraction of sp³-hybridized carbons (Fsp3) is 0.846. The van der Waals surface area contributed by atoms with Crippen molar-refractivity contribution in [3.8, 4) is 0 Å². The van der Waals surface area contributed by atoms with Crippen molar-refractivity contribution in [2.24, 2.45) is 5.41 Å². The maximum Gasteiger partial charge on any atom is 0.327 e. The number of hydrogen-bond acceptors (Lipinski definition) is 6. The summed E-state index contributed by atoms with van der Waals surface area (Å²) in [5.41, 5.74) is 1.57. The highest BCUT2D eigenvalue weighted by Gasteiger charge is 2.61. The standard InChI is InChI=1S/C13H23NO5/c1-6-14-19-10(16)8-13(4)11(18-13)12(2,3)7-9(15)17-5/h11,14H,6-8H2,1-5H3. The molecule has 0 saturated carbocycles. The third-order valence-corrected chi connectivity index (χ3v) is 3.25. The van der Waals surface area contributed by atoms with Gasteiger partial charge >= 0.3 is 11.9 Å². The van der Waals surface area contributed by atoms with Gasteiger partial charge in [-0.25, -0.2) is 0 Å². The van der Waals surface area contributed by atoms with Crippen LogP contribution in [0.1, 0.15) is 40.5 Å². The maximum atomic E-state index is 11.6. The molecule has 0 aromatic rings. The highest BCUT2D eigenvalue weighted by molar-refractivity contribution is 5.72. The van der Waals surface area contributed by atoms with Crippen molar-refractivity contribution < 1.29 is 23.9 Å². The second-order valence-electron chi connectivity index (χ2n) is 5.70.